The zero-order chi connectivity index (χ0) is 18.2. The van der Waals surface area contributed by atoms with Crippen molar-refractivity contribution in [1.82, 2.24) is 20.3 Å². The molecule has 2 amide bonds. The Kier molecular flexibility index (Phi) is 6.35. The Morgan fingerprint density at radius 3 is 2.44 bits per heavy atom. The lowest BCUT2D eigenvalue weighted by Crippen LogP contribution is -2.49. The van der Waals surface area contributed by atoms with Crippen LogP contribution in [0.15, 0.2) is 41.3 Å². The number of aromatic nitrogens is 2. The number of anilines is 1. The number of allylic oxidation sites excluding steroid dienone is 1. The van der Waals surface area contributed by atoms with Crippen LogP contribution in [0.25, 0.3) is 0 Å². The van der Waals surface area contributed by atoms with Crippen molar-refractivity contribution in [3.8, 4) is 0 Å². The van der Waals surface area contributed by atoms with Crippen LogP contribution in [0.3, 0.4) is 0 Å². The summed E-state index contributed by atoms with van der Waals surface area (Å²) in [6.07, 6.45) is 7.62. The Morgan fingerprint density at radius 2 is 1.92 bits per heavy atom. The fourth-order valence-corrected chi connectivity index (χ4v) is 2.41. The van der Waals surface area contributed by atoms with Gasteiger partial charge in [0.25, 0.3) is 11.8 Å². The monoisotopic (exact) mass is 344 g/mol. The minimum atomic E-state index is -0.666. The topological polar surface area (TPSA) is 111 Å². The third-order valence-corrected chi connectivity index (χ3v) is 3.68. The van der Waals surface area contributed by atoms with E-state index in [9.17, 15) is 9.59 Å². The maximum absolute atomic E-state index is 12.5. The first-order valence-electron chi connectivity index (χ1n) is 7.70. The largest absolute Gasteiger partial charge is 0.337 e. The summed E-state index contributed by atoms with van der Waals surface area (Å²) in [4.78, 5) is 39.3. The molecule has 0 aromatic carbocycles. The lowest BCUT2D eigenvalue weighted by atomic mass is 10.2. The Morgan fingerprint density at radius 1 is 1.28 bits per heavy atom. The Hall–Kier alpha value is -3.07. The number of nitrogens with one attached hydrogen (secondary N) is 1. The fraction of sp³-hybridized carbons (Fsp3) is 0.312. The van der Waals surface area contributed by atoms with E-state index >= 15 is 0 Å². The van der Waals surface area contributed by atoms with Crippen LogP contribution in [0.1, 0.15) is 17.3 Å². The first kappa shape index (κ1) is 18.3. The molecule has 1 aromatic rings. The molecule has 132 valence electrons. The number of hydroxylamine groups is 1. The molecule has 0 bridgehead atoms. The highest BCUT2D eigenvalue weighted by Crippen LogP contribution is 2.13. The molecule has 0 saturated carbocycles. The highest BCUT2D eigenvalue weighted by molar-refractivity contribution is 5.96. The molecule has 0 unspecified atom stereocenters. The molecular weight excluding hydrogens is 324 g/mol. The lowest BCUT2D eigenvalue weighted by molar-refractivity contribution is -0.127. The molecule has 1 fully saturated rings. The van der Waals surface area contributed by atoms with Gasteiger partial charge in [0.05, 0.1) is 11.1 Å². The Balaban J connectivity index is 1.99. The van der Waals surface area contributed by atoms with Crippen LogP contribution in [0.2, 0.25) is 0 Å². The van der Waals surface area contributed by atoms with Gasteiger partial charge < -0.3 is 9.80 Å². The fourth-order valence-electron chi connectivity index (χ4n) is 2.41. The van der Waals surface area contributed by atoms with Crippen molar-refractivity contribution in [2.24, 2.45) is 4.99 Å². The molecule has 9 heteroatoms. The van der Waals surface area contributed by atoms with Crippen LogP contribution in [0.4, 0.5) is 5.95 Å². The predicted molar refractivity (Wildman–Crippen MR) is 92.5 cm³/mol. The van der Waals surface area contributed by atoms with E-state index in [4.69, 9.17) is 5.21 Å². The van der Waals surface area contributed by atoms with E-state index in [1.54, 1.807) is 17.1 Å². The second-order valence-corrected chi connectivity index (χ2v) is 5.26. The van der Waals surface area contributed by atoms with E-state index < -0.39 is 5.91 Å². The maximum Gasteiger partial charge on any atom is 0.277 e. The normalized spacial score (nSPS) is 15.4. The van der Waals surface area contributed by atoms with E-state index in [-0.39, 0.29) is 11.5 Å². The van der Waals surface area contributed by atoms with Crippen LogP contribution in [0.5, 0.6) is 0 Å². The molecule has 1 saturated heterocycles. The van der Waals surface area contributed by atoms with Gasteiger partial charge in [0, 0.05) is 44.8 Å². The van der Waals surface area contributed by atoms with E-state index in [2.05, 4.69) is 21.7 Å². The van der Waals surface area contributed by atoms with Crippen LogP contribution in [0, 0.1) is 0 Å². The van der Waals surface area contributed by atoms with Gasteiger partial charge in [-0.25, -0.2) is 15.4 Å². The summed E-state index contributed by atoms with van der Waals surface area (Å²) >= 11 is 0. The molecule has 1 aliphatic rings. The van der Waals surface area contributed by atoms with Gasteiger partial charge in [-0.2, -0.15) is 0 Å². The van der Waals surface area contributed by atoms with E-state index in [0.29, 0.717) is 37.7 Å². The highest BCUT2D eigenvalue weighted by Gasteiger charge is 2.24. The molecule has 0 radical (unpaired) electrons. The molecule has 0 spiro atoms. The van der Waals surface area contributed by atoms with Crippen molar-refractivity contribution in [1.29, 1.82) is 0 Å². The molecule has 2 rings (SSSR count). The smallest absolute Gasteiger partial charge is 0.277 e. The lowest BCUT2D eigenvalue weighted by Gasteiger charge is -2.34. The van der Waals surface area contributed by atoms with Crippen LogP contribution in [-0.4, -0.2) is 64.8 Å². The summed E-state index contributed by atoms with van der Waals surface area (Å²) in [6, 6.07) is 0. The molecule has 1 aliphatic heterocycles. The Labute approximate surface area is 145 Å². The van der Waals surface area contributed by atoms with Crippen molar-refractivity contribution in [2.45, 2.75) is 6.92 Å². The van der Waals surface area contributed by atoms with Gasteiger partial charge in [-0.15, -0.1) is 0 Å². The number of nitrogens with zero attached hydrogens (tertiary/aromatic N) is 5. The molecule has 25 heavy (non-hydrogen) atoms. The number of aliphatic imine (C=N–C) groups is 1. The minimum Gasteiger partial charge on any atom is -0.337 e. The second kappa shape index (κ2) is 8.69. The van der Waals surface area contributed by atoms with Crippen LogP contribution >= 0.6 is 0 Å². The molecule has 0 atom stereocenters. The first-order chi connectivity index (χ1) is 12.1. The summed E-state index contributed by atoms with van der Waals surface area (Å²) in [5, 5.41) is 8.59. The summed E-state index contributed by atoms with van der Waals surface area (Å²) < 4.78 is 0. The van der Waals surface area contributed by atoms with Gasteiger partial charge in [-0.1, -0.05) is 12.2 Å². The zero-order valence-electron chi connectivity index (χ0n) is 13.9. The average Bonchev–Trinajstić information content (AvgIpc) is 2.67. The molecule has 2 N–H and O–H groups in total. The molecule has 0 aliphatic carbocycles. The van der Waals surface area contributed by atoms with E-state index in [1.165, 1.54) is 24.1 Å². The standard InChI is InChI=1S/C16H20N6O3/c1-3-4-12(9-17-2)15(24)21-5-7-22(8-6-21)16-18-10-13(11-19-16)14(23)20-25/h3-4,9-11,25H,2,5-8H2,1H3,(H,20,23)/b4-3-,12-9+. The van der Waals surface area contributed by atoms with Crippen LogP contribution < -0.4 is 10.4 Å². The van der Waals surface area contributed by atoms with Gasteiger partial charge in [0.15, 0.2) is 0 Å². The summed E-state index contributed by atoms with van der Waals surface area (Å²) in [6.45, 7) is 7.41. The summed E-state index contributed by atoms with van der Waals surface area (Å²) in [5.41, 5.74) is 2.18. The molecule has 2 heterocycles. The highest BCUT2D eigenvalue weighted by atomic mass is 16.5. The summed E-state index contributed by atoms with van der Waals surface area (Å²) in [5.74, 6) is -0.291. The third kappa shape index (κ3) is 4.48. The van der Waals surface area contributed by atoms with Gasteiger partial charge >= 0.3 is 0 Å². The Bertz CT molecular complexity index is 690. The minimum absolute atomic E-state index is 0.0963. The van der Waals surface area contributed by atoms with Crippen molar-refractivity contribution in [2.75, 3.05) is 31.1 Å². The molecule has 1 aromatic heterocycles. The average molecular weight is 344 g/mol. The quantitative estimate of drug-likeness (QED) is 0.263. The number of hydrogen-bond donors (Lipinski definition) is 2. The van der Waals surface area contributed by atoms with E-state index in [0.717, 1.165) is 0 Å². The van der Waals surface area contributed by atoms with Gasteiger partial charge in [-0.05, 0) is 13.6 Å². The van der Waals surface area contributed by atoms with Crippen molar-refractivity contribution >= 4 is 24.5 Å². The van der Waals surface area contributed by atoms with Crippen molar-refractivity contribution in [3.05, 3.63) is 41.9 Å². The SMILES string of the molecule is C=N/C=C(\C=C/C)C(=O)N1CCN(c2ncc(C(=O)NO)cn2)CC1. The second-order valence-electron chi connectivity index (χ2n) is 5.26. The van der Waals surface area contributed by atoms with Gasteiger partial charge in [0.2, 0.25) is 5.95 Å². The van der Waals surface area contributed by atoms with Crippen molar-refractivity contribution in [3.63, 3.8) is 0 Å². The number of carbonyl (C=O) groups is 2. The number of rotatable bonds is 5. The van der Waals surface area contributed by atoms with Gasteiger partial charge in [0.1, 0.15) is 0 Å². The van der Waals surface area contributed by atoms with E-state index in [1.807, 2.05) is 11.8 Å². The number of hydrogen-bond acceptors (Lipinski definition) is 7. The van der Waals surface area contributed by atoms with Crippen molar-refractivity contribution < 1.29 is 14.8 Å². The number of carbonyl (C=O) groups excluding carboxylic acids is 2. The molecular formula is C16H20N6O3. The molecule has 9 nitrogen and oxygen atoms in total. The first-order valence-corrected chi connectivity index (χ1v) is 7.70. The third-order valence-electron chi connectivity index (χ3n) is 3.68. The van der Waals surface area contributed by atoms with Gasteiger partial charge in [-0.3, -0.25) is 19.8 Å². The summed E-state index contributed by atoms with van der Waals surface area (Å²) in [7, 11) is 0. The zero-order valence-corrected chi connectivity index (χ0v) is 13.9. The van der Waals surface area contributed by atoms with Crippen LogP contribution in [-0.2, 0) is 4.79 Å². The predicted octanol–water partition coefficient (Wildman–Crippen LogP) is 0.405. The number of piperazine rings is 1. The maximum atomic E-state index is 12.5. The number of amides is 2.